The molecule has 6 heteroatoms. The Morgan fingerprint density at radius 1 is 1.17 bits per heavy atom. The monoisotopic (exact) mass is 317 g/mol. The lowest BCUT2D eigenvalue weighted by atomic mass is 9.85. The van der Waals surface area contributed by atoms with Crippen LogP contribution in [-0.2, 0) is 19.4 Å². The molecule has 0 unspecified atom stereocenters. The van der Waals surface area contributed by atoms with Crippen molar-refractivity contribution >= 4 is 6.03 Å². The summed E-state index contributed by atoms with van der Waals surface area (Å²) in [5.41, 5.74) is 0. The van der Waals surface area contributed by atoms with E-state index in [0.29, 0.717) is 12.6 Å². The Labute approximate surface area is 137 Å². The lowest BCUT2D eigenvalue weighted by Gasteiger charge is -2.21. The molecule has 2 heterocycles. The van der Waals surface area contributed by atoms with Crippen molar-refractivity contribution in [1.82, 2.24) is 25.4 Å². The van der Waals surface area contributed by atoms with E-state index >= 15 is 0 Å². The topological polar surface area (TPSA) is 71.8 Å². The van der Waals surface area contributed by atoms with Crippen molar-refractivity contribution in [3.8, 4) is 0 Å². The maximum Gasteiger partial charge on any atom is 0.315 e. The van der Waals surface area contributed by atoms with Crippen LogP contribution in [0.2, 0.25) is 0 Å². The summed E-state index contributed by atoms with van der Waals surface area (Å²) in [5.74, 6) is 3.69. The molecular formula is C17H27N5O. The predicted octanol–water partition coefficient (Wildman–Crippen LogP) is 2.03. The van der Waals surface area contributed by atoms with E-state index in [1.54, 1.807) is 0 Å². The molecular weight excluding hydrogens is 290 g/mol. The smallest absolute Gasteiger partial charge is 0.315 e. The van der Waals surface area contributed by atoms with Crippen LogP contribution in [0.4, 0.5) is 4.79 Å². The van der Waals surface area contributed by atoms with E-state index in [1.807, 2.05) is 0 Å². The highest BCUT2D eigenvalue weighted by Crippen LogP contribution is 2.44. The first-order valence-electron chi connectivity index (χ1n) is 9.26. The zero-order valence-electron chi connectivity index (χ0n) is 13.8. The summed E-state index contributed by atoms with van der Waals surface area (Å²) in [7, 11) is 0. The summed E-state index contributed by atoms with van der Waals surface area (Å²) in [5, 5.41) is 14.5. The molecule has 3 aliphatic rings. The standard InChI is InChI=1S/C17H27N5O/c23-17(19-14-11-13(14)12-5-2-1-3-6-12)18-9-8-16-21-20-15-7-4-10-22(15)16/h12-14H,1-11H2,(H2,18,19,23)/t13-,14+/m1/s1. The maximum absolute atomic E-state index is 12.0. The van der Waals surface area contributed by atoms with Crippen molar-refractivity contribution < 1.29 is 4.79 Å². The van der Waals surface area contributed by atoms with Crippen molar-refractivity contribution in [3.63, 3.8) is 0 Å². The van der Waals surface area contributed by atoms with E-state index in [2.05, 4.69) is 25.4 Å². The molecule has 4 rings (SSSR count). The Morgan fingerprint density at radius 2 is 2.04 bits per heavy atom. The third-order valence-corrected chi connectivity index (χ3v) is 5.73. The molecule has 6 nitrogen and oxygen atoms in total. The van der Waals surface area contributed by atoms with Gasteiger partial charge in [0.1, 0.15) is 11.6 Å². The van der Waals surface area contributed by atoms with E-state index < -0.39 is 0 Å². The van der Waals surface area contributed by atoms with Crippen molar-refractivity contribution in [2.45, 2.75) is 70.4 Å². The van der Waals surface area contributed by atoms with E-state index in [-0.39, 0.29) is 6.03 Å². The van der Waals surface area contributed by atoms with Crippen LogP contribution >= 0.6 is 0 Å². The van der Waals surface area contributed by atoms with Gasteiger partial charge in [0.15, 0.2) is 0 Å². The van der Waals surface area contributed by atoms with Crippen LogP contribution in [0.1, 0.15) is 56.6 Å². The highest BCUT2D eigenvalue weighted by atomic mass is 16.2. The van der Waals surface area contributed by atoms with Gasteiger partial charge in [-0.15, -0.1) is 10.2 Å². The minimum Gasteiger partial charge on any atom is -0.338 e. The summed E-state index contributed by atoms with van der Waals surface area (Å²) in [6.07, 6.45) is 11.0. The van der Waals surface area contributed by atoms with Gasteiger partial charge in [0.05, 0.1) is 0 Å². The maximum atomic E-state index is 12.0. The molecule has 0 radical (unpaired) electrons. The highest BCUT2D eigenvalue weighted by Gasteiger charge is 2.43. The number of aromatic nitrogens is 3. The van der Waals surface area contributed by atoms with Gasteiger partial charge < -0.3 is 15.2 Å². The van der Waals surface area contributed by atoms with Crippen LogP contribution in [0, 0.1) is 11.8 Å². The van der Waals surface area contributed by atoms with Crippen molar-refractivity contribution in [2.24, 2.45) is 11.8 Å². The number of fused-ring (bicyclic) bond motifs is 1. The lowest BCUT2D eigenvalue weighted by molar-refractivity contribution is 0.238. The number of nitrogens with zero attached hydrogens (tertiary/aromatic N) is 3. The number of amides is 2. The third-order valence-electron chi connectivity index (χ3n) is 5.73. The summed E-state index contributed by atoms with van der Waals surface area (Å²) in [4.78, 5) is 12.0. The molecule has 1 aromatic heterocycles. The van der Waals surface area contributed by atoms with E-state index in [1.165, 1.54) is 38.5 Å². The number of aryl methyl sites for hydroxylation is 1. The summed E-state index contributed by atoms with van der Waals surface area (Å²) in [6.45, 7) is 1.65. The normalized spacial score (nSPS) is 26.8. The first-order chi connectivity index (χ1) is 11.3. The van der Waals surface area contributed by atoms with Crippen molar-refractivity contribution in [2.75, 3.05) is 6.54 Å². The summed E-state index contributed by atoms with van der Waals surface area (Å²) < 4.78 is 2.19. The van der Waals surface area contributed by atoms with Gasteiger partial charge in [-0.05, 0) is 24.7 Å². The Bertz CT molecular complexity index is 563. The van der Waals surface area contributed by atoms with Crippen LogP contribution in [0.25, 0.3) is 0 Å². The number of urea groups is 1. The van der Waals surface area contributed by atoms with Gasteiger partial charge in [0.2, 0.25) is 0 Å². The van der Waals surface area contributed by atoms with Crippen LogP contribution in [0.15, 0.2) is 0 Å². The average Bonchev–Trinajstić information content (AvgIpc) is 2.99. The van der Waals surface area contributed by atoms with Gasteiger partial charge in [-0.3, -0.25) is 0 Å². The number of rotatable bonds is 5. The van der Waals surface area contributed by atoms with Gasteiger partial charge >= 0.3 is 6.03 Å². The molecule has 2 fully saturated rings. The second kappa shape index (κ2) is 6.49. The molecule has 2 aliphatic carbocycles. The Kier molecular flexibility index (Phi) is 4.23. The van der Waals surface area contributed by atoms with E-state index in [4.69, 9.17) is 0 Å². The highest BCUT2D eigenvalue weighted by molar-refractivity contribution is 5.74. The molecule has 0 saturated heterocycles. The molecule has 2 N–H and O–H groups in total. The summed E-state index contributed by atoms with van der Waals surface area (Å²) >= 11 is 0. The summed E-state index contributed by atoms with van der Waals surface area (Å²) in [6, 6.07) is 0.393. The molecule has 0 bridgehead atoms. The van der Waals surface area contributed by atoms with Crippen molar-refractivity contribution in [1.29, 1.82) is 0 Å². The minimum absolute atomic E-state index is 0.0190. The molecule has 1 aromatic rings. The number of hydrogen-bond acceptors (Lipinski definition) is 3. The third kappa shape index (κ3) is 3.35. The van der Waals surface area contributed by atoms with Gasteiger partial charge in [0, 0.05) is 32.0 Å². The lowest BCUT2D eigenvalue weighted by Crippen LogP contribution is -2.39. The minimum atomic E-state index is -0.0190. The fourth-order valence-electron chi connectivity index (χ4n) is 4.37. The number of nitrogens with one attached hydrogen (secondary N) is 2. The molecule has 2 atom stereocenters. The second-order valence-corrected chi connectivity index (χ2v) is 7.34. The largest absolute Gasteiger partial charge is 0.338 e. The second-order valence-electron chi connectivity index (χ2n) is 7.34. The molecule has 126 valence electrons. The van der Waals surface area contributed by atoms with E-state index in [9.17, 15) is 4.79 Å². The zero-order valence-corrected chi connectivity index (χ0v) is 13.8. The van der Waals surface area contributed by atoms with Crippen LogP contribution in [-0.4, -0.2) is 33.4 Å². The number of carbonyl (C=O) groups excluding carboxylic acids is 1. The van der Waals surface area contributed by atoms with Gasteiger partial charge in [0.25, 0.3) is 0 Å². The van der Waals surface area contributed by atoms with Gasteiger partial charge in [-0.1, -0.05) is 32.1 Å². The Balaban J connectivity index is 1.16. The number of carbonyl (C=O) groups is 1. The SMILES string of the molecule is O=C(NCCc1nnc2n1CCC2)N[C@H]1C[C@@H]1C1CCCCC1. The zero-order chi connectivity index (χ0) is 15.6. The van der Waals surface area contributed by atoms with Crippen LogP contribution < -0.4 is 10.6 Å². The quantitative estimate of drug-likeness (QED) is 0.873. The van der Waals surface area contributed by atoms with Crippen molar-refractivity contribution in [3.05, 3.63) is 11.6 Å². The molecule has 23 heavy (non-hydrogen) atoms. The number of hydrogen-bond donors (Lipinski definition) is 2. The van der Waals surface area contributed by atoms with Gasteiger partial charge in [-0.2, -0.15) is 0 Å². The Morgan fingerprint density at radius 3 is 2.91 bits per heavy atom. The van der Waals surface area contributed by atoms with E-state index in [0.717, 1.165) is 49.3 Å². The fourth-order valence-corrected chi connectivity index (χ4v) is 4.37. The molecule has 0 aromatic carbocycles. The molecule has 2 amide bonds. The first kappa shape index (κ1) is 15.0. The fraction of sp³-hybridized carbons (Fsp3) is 0.824. The molecule has 1 aliphatic heterocycles. The Hall–Kier alpha value is -1.59. The average molecular weight is 317 g/mol. The molecule has 2 saturated carbocycles. The van der Waals surface area contributed by atoms with Gasteiger partial charge in [-0.25, -0.2) is 4.79 Å². The first-order valence-corrected chi connectivity index (χ1v) is 9.26. The van der Waals surface area contributed by atoms with Crippen LogP contribution in [0.5, 0.6) is 0 Å². The molecule has 0 spiro atoms. The van der Waals surface area contributed by atoms with Crippen LogP contribution in [0.3, 0.4) is 0 Å². The predicted molar refractivity (Wildman–Crippen MR) is 87.1 cm³/mol.